The van der Waals surface area contributed by atoms with Gasteiger partial charge in [0, 0.05) is 6.42 Å². The number of aliphatic hydroxyl groups is 5. The molecule has 9 heteroatoms. The fourth-order valence-electron chi connectivity index (χ4n) is 6.23. The van der Waals surface area contributed by atoms with E-state index in [1.54, 1.807) is 6.08 Å². The minimum atomic E-state index is -1.57. The van der Waals surface area contributed by atoms with E-state index in [0.29, 0.717) is 6.42 Å². The molecule has 1 amide bonds. The monoisotopic (exact) mass is 698 g/mol. The van der Waals surface area contributed by atoms with Crippen molar-refractivity contribution in [1.82, 2.24) is 5.32 Å². The summed E-state index contributed by atoms with van der Waals surface area (Å²) in [6.07, 6.45) is 27.9. The number of ether oxygens (including phenoxy) is 2. The third-order valence-corrected chi connectivity index (χ3v) is 9.53. The van der Waals surface area contributed by atoms with Gasteiger partial charge in [0.15, 0.2) is 6.29 Å². The first-order chi connectivity index (χ1) is 23.8. The molecule has 0 aliphatic carbocycles. The first-order valence-electron chi connectivity index (χ1n) is 20.1. The highest BCUT2D eigenvalue weighted by Crippen LogP contribution is 2.22. The number of nitrogens with one attached hydrogen (secondary N) is 1. The second-order valence-corrected chi connectivity index (χ2v) is 14.1. The van der Waals surface area contributed by atoms with Crippen molar-refractivity contribution in [1.29, 1.82) is 0 Å². The van der Waals surface area contributed by atoms with Crippen LogP contribution in [0.4, 0.5) is 0 Å². The lowest BCUT2D eigenvalue weighted by Crippen LogP contribution is -2.60. The van der Waals surface area contributed by atoms with Crippen LogP contribution >= 0.6 is 0 Å². The van der Waals surface area contributed by atoms with E-state index >= 15 is 0 Å². The smallest absolute Gasteiger partial charge is 0.220 e. The summed E-state index contributed by atoms with van der Waals surface area (Å²) in [7, 11) is 0. The first-order valence-corrected chi connectivity index (χ1v) is 20.1. The van der Waals surface area contributed by atoms with Crippen LogP contribution in [0.3, 0.4) is 0 Å². The Balaban J connectivity index is 2.46. The molecule has 288 valence electrons. The highest BCUT2D eigenvalue weighted by atomic mass is 16.7. The summed E-state index contributed by atoms with van der Waals surface area (Å²) in [6, 6.07) is -0.814. The quantitative estimate of drug-likeness (QED) is 0.0320. The largest absolute Gasteiger partial charge is 0.394 e. The molecule has 9 nitrogen and oxygen atoms in total. The number of carbonyl (C=O) groups excluding carboxylic acids is 1. The molecule has 0 unspecified atom stereocenters. The molecule has 0 spiro atoms. The zero-order valence-corrected chi connectivity index (χ0v) is 31.2. The maximum absolute atomic E-state index is 12.9. The minimum absolute atomic E-state index is 0.189. The van der Waals surface area contributed by atoms with Crippen molar-refractivity contribution in [2.75, 3.05) is 13.2 Å². The summed E-state index contributed by atoms with van der Waals surface area (Å²) in [5.41, 5.74) is 0. The van der Waals surface area contributed by atoms with Crippen LogP contribution in [0, 0.1) is 0 Å². The number of hydrogen-bond donors (Lipinski definition) is 6. The standard InChI is InChI=1S/C40H75NO8/c1-3-5-7-9-11-13-15-17-19-21-23-25-27-29-34(43)33(32-48-40-39(47)38(46)37(45)35(31-42)49-40)41-36(44)30-28-26-24-22-20-18-16-14-12-10-8-6-4-2/h19,21,27,29,33-35,37-40,42-43,45-47H,3-18,20,22-26,28,30-32H2,1-2H3,(H,41,44)/b21-19-,29-27+/t33-,34+,35+,37+,38-,39+,40+/m0/s1. The van der Waals surface area contributed by atoms with Gasteiger partial charge in [-0.3, -0.25) is 4.79 Å². The molecule has 1 fully saturated rings. The Labute approximate surface area is 298 Å². The van der Waals surface area contributed by atoms with Gasteiger partial charge in [0.1, 0.15) is 24.4 Å². The first kappa shape index (κ1) is 45.7. The lowest BCUT2D eigenvalue weighted by Gasteiger charge is -2.40. The van der Waals surface area contributed by atoms with Crippen LogP contribution < -0.4 is 5.32 Å². The fraction of sp³-hybridized carbons (Fsp3) is 0.875. The van der Waals surface area contributed by atoms with E-state index in [2.05, 4.69) is 31.3 Å². The number of hydrogen-bond acceptors (Lipinski definition) is 8. The Bertz CT molecular complexity index is 822. The second kappa shape index (κ2) is 31.4. The Hall–Kier alpha value is -1.33. The predicted octanol–water partition coefficient (Wildman–Crippen LogP) is 7.16. The lowest BCUT2D eigenvalue weighted by molar-refractivity contribution is -0.302. The highest BCUT2D eigenvalue weighted by Gasteiger charge is 2.44. The molecule has 0 aromatic carbocycles. The number of unbranched alkanes of at least 4 members (excludes halogenated alkanes) is 20. The average Bonchev–Trinajstić information content (AvgIpc) is 3.10. The van der Waals surface area contributed by atoms with Crippen LogP contribution in [0.15, 0.2) is 24.3 Å². The van der Waals surface area contributed by atoms with Gasteiger partial charge in [0.2, 0.25) is 5.91 Å². The molecule has 6 N–H and O–H groups in total. The van der Waals surface area contributed by atoms with Crippen molar-refractivity contribution < 1.29 is 39.8 Å². The van der Waals surface area contributed by atoms with Crippen LogP contribution in [-0.4, -0.2) is 87.5 Å². The molecule has 0 bridgehead atoms. The highest BCUT2D eigenvalue weighted by molar-refractivity contribution is 5.76. The molecular formula is C40H75NO8. The second-order valence-electron chi connectivity index (χ2n) is 14.1. The van der Waals surface area contributed by atoms with E-state index in [-0.39, 0.29) is 12.5 Å². The van der Waals surface area contributed by atoms with Gasteiger partial charge in [0.25, 0.3) is 0 Å². The maximum atomic E-state index is 12.9. The number of aliphatic hydroxyl groups excluding tert-OH is 5. The predicted molar refractivity (Wildman–Crippen MR) is 198 cm³/mol. The van der Waals surface area contributed by atoms with Crippen molar-refractivity contribution in [3.05, 3.63) is 24.3 Å². The van der Waals surface area contributed by atoms with Gasteiger partial charge in [-0.2, -0.15) is 0 Å². The van der Waals surface area contributed by atoms with Crippen LogP contribution in [0.2, 0.25) is 0 Å². The van der Waals surface area contributed by atoms with Gasteiger partial charge in [-0.05, 0) is 32.1 Å². The third kappa shape index (κ3) is 23.0. The van der Waals surface area contributed by atoms with E-state index in [1.165, 1.54) is 109 Å². The third-order valence-electron chi connectivity index (χ3n) is 9.53. The summed E-state index contributed by atoms with van der Waals surface area (Å²) < 4.78 is 11.1. The molecule has 0 aromatic rings. The molecule has 0 aromatic heterocycles. The number of amides is 1. The topological polar surface area (TPSA) is 149 Å². The number of carbonyl (C=O) groups is 1. The molecular weight excluding hydrogens is 622 g/mol. The SMILES string of the molecule is CCCCCCCCC/C=C\CC/C=C/[C@@H](O)[C@H](CO[C@@H]1O[C@H](CO)[C@@H](O)[C@H](O)[C@H]1O)NC(=O)CCCCCCCCCCCCCCC. The van der Waals surface area contributed by atoms with E-state index in [1.807, 2.05) is 6.08 Å². The fourth-order valence-corrected chi connectivity index (χ4v) is 6.23. The molecule has 1 aliphatic rings. The van der Waals surface area contributed by atoms with E-state index in [4.69, 9.17) is 9.47 Å². The number of allylic oxidation sites excluding steroid dienone is 3. The summed E-state index contributed by atoms with van der Waals surface area (Å²) >= 11 is 0. The number of rotatable bonds is 32. The Morgan fingerprint density at radius 3 is 1.71 bits per heavy atom. The summed E-state index contributed by atoms with van der Waals surface area (Å²) in [4.78, 5) is 12.9. The minimum Gasteiger partial charge on any atom is -0.394 e. The van der Waals surface area contributed by atoms with Crippen molar-refractivity contribution in [2.24, 2.45) is 0 Å². The lowest BCUT2D eigenvalue weighted by atomic mass is 9.99. The zero-order valence-electron chi connectivity index (χ0n) is 31.2. The maximum Gasteiger partial charge on any atom is 0.220 e. The van der Waals surface area contributed by atoms with Crippen molar-refractivity contribution in [2.45, 2.75) is 211 Å². The Morgan fingerprint density at radius 1 is 0.673 bits per heavy atom. The molecule has 7 atom stereocenters. The van der Waals surface area contributed by atoms with E-state index in [0.717, 1.165) is 38.5 Å². The van der Waals surface area contributed by atoms with Gasteiger partial charge in [-0.15, -0.1) is 0 Å². The van der Waals surface area contributed by atoms with E-state index in [9.17, 15) is 30.3 Å². The molecule has 1 rings (SSSR count). The van der Waals surface area contributed by atoms with Crippen molar-refractivity contribution in [3.8, 4) is 0 Å². The zero-order chi connectivity index (χ0) is 36.0. The van der Waals surface area contributed by atoms with Gasteiger partial charge in [-0.1, -0.05) is 154 Å². The molecule has 1 aliphatic heterocycles. The van der Waals surface area contributed by atoms with Crippen molar-refractivity contribution in [3.63, 3.8) is 0 Å². The Kier molecular flexibility index (Phi) is 29.3. The molecule has 0 saturated carbocycles. The Morgan fingerprint density at radius 2 is 1.16 bits per heavy atom. The van der Waals surface area contributed by atoms with Crippen LogP contribution in [-0.2, 0) is 14.3 Å². The van der Waals surface area contributed by atoms with Crippen molar-refractivity contribution >= 4 is 5.91 Å². The van der Waals surface area contributed by atoms with Crippen LogP contribution in [0.5, 0.6) is 0 Å². The summed E-state index contributed by atoms with van der Waals surface area (Å²) in [6.45, 7) is 3.72. The van der Waals surface area contributed by atoms with Gasteiger partial charge >= 0.3 is 0 Å². The van der Waals surface area contributed by atoms with Gasteiger partial charge in [0.05, 0.1) is 25.4 Å². The average molecular weight is 698 g/mol. The van der Waals surface area contributed by atoms with E-state index < -0.39 is 49.5 Å². The normalized spacial score (nSPS) is 22.6. The van der Waals surface area contributed by atoms with Crippen LogP contribution in [0.1, 0.15) is 168 Å². The van der Waals surface area contributed by atoms with Gasteiger partial charge < -0.3 is 40.3 Å². The molecule has 1 saturated heterocycles. The summed E-state index contributed by atoms with van der Waals surface area (Å²) in [5, 5.41) is 53.9. The molecule has 1 heterocycles. The molecule has 0 radical (unpaired) electrons. The van der Waals surface area contributed by atoms with Gasteiger partial charge in [-0.25, -0.2) is 0 Å². The summed E-state index contributed by atoms with van der Waals surface area (Å²) in [5.74, 6) is -0.189. The molecule has 49 heavy (non-hydrogen) atoms. The van der Waals surface area contributed by atoms with Crippen LogP contribution in [0.25, 0.3) is 0 Å².